The summed E-state index contributed by atoms with van der Waals surface area (Å²) >= 11 is 0. The van der Waals surface area contributed by atoms with Gasteiger partial charge in [0.15, 0.2) is 5.78 Å². The Morgan fingerprint density at radius 3 is 2.83 bits per heavy atom. The van der Waals surface area contributed by atoms with Crippen molar-refractivity contribution in [2.24, 2.45) is 0 Å². The molecule has 0 aliphatic heterocycles. The fraction of sp³-hybridized carbons (Fsp3) is 0.333. The number of ketones is 1. The quantitative estimate of drug-likeness (QED) is 0.630. The van der Waals surface area contributed by atoms with Crippen LogP contribution in [-0.2, 0) is 11.3 Å². The van der Waals surface area contributed by atoms with Crippen LogP contribution in [0.4, 0.5) is 0 Å². The van der Waals surface area contributed by atoms with Crippen molar-refractivity contribution in [1.29, 1.82) is 0 Å². The Hall–Kier alpha value is -1.38. The van der Waals surface area contributed by atoms with Crippen molar-refractivity contribution < 1.29 is 4.79 Å². The van der Waals surface area contributed by atoms with E-state index in [4.69, 9.17) is 0 Å². The molecule has 12 heavy (non-hydrogen) atoms. The van der Waals surface area contributed by atoms with Crippen LogP contribution in [0, 0.1) is 13.8 Å². The summed E-state index contributed by atoms with van der Waals surface area (Å²) in [5.74, 6) is 0.00972. The predicted molar refractivity (Wildman–Crippen MR) is 46.9 cm³/mol. The highest BCUT2D eigenvalue weighted by atomic mass is 16.1. The van der Waals surface area contributed by atoms with Gasteiger partial charge in [0.1, 0.15) is 0 Å². The molecule has 3 heteroatoms. The number of carbonyl (C=O) groups excluding carboxylic acids is 1. The standard InChI is InChI=1S/C9H12N2O/c1-4-9(12)5-11-6-10-7(2)8(11)3/h4,6H,1,5H2,2-3H3. The van der Waals surface area contributed by atoms with E-state index < -0.39 is 0 Å². The normalized spacial score (nSPS) is 9.83. The van der Waals surface area contributed by atoms with Gasteiger partial charge in [-0.05, 0) is 19.9 Å². The molecule has 1 aromatic heterocycles. The minimum absolute atomic E-state index is 0.00972. The van der Waals surface area contributed by atoms with Crippen LogP contribution in [0.5, 0.6) is 0 Å². The third-order valence-corrected chi connectivity index (χ3v) is 1.90. The number of hydrogen-bond donors (Lipinski definition) is 0. The molecule has 0 saturated heterocycles. The lowest BCUT2D eigenvalue weighted by atomic mass is 10.3. The predicted octanol–water partition coefficient (Wildman–Crippen LogP) is 1.26. The first kappa shape index (κ1) is 8.71. The Balaban J connectivity index is 2.82. The van der Waals surface area contributed by atoms with E-state index in [-0.39, 0.29) is 5.78 Å². The largest absolute Gasteiger partial charge is 0.327 e. The van der Waals surface area contributed by atoms with Crippen molar-refractivity contribution in [1.82, 2.24) is 9.55 Å². The molecular formula is C9H12N2O. The lowest BCUT2D eigenvalue weighted by Gasteiger charge is -2.00. The highest BCUT2D eigenvalue weighted by Gasteiger charge is 2.03. The fourth-order valence-corrected chi connectivity index (χ4v) is 0.936. The van der Waals surface area contributed by atoms with E-state index in [9.17, 15) is 4.79 Å². The molecule has 1 rings (SSSR count). The van der Waals surface area contributed by atoms with E-state index in [1.165, 1.54) is 6.08 Å². The molecule has 0 N–H and O–H groups in total. The molecule has 0 radical (unpaired) electrons. The lowest BCUT2D eigenvalue weighted by Crippen LogP contribution is -2.07. The summed E-state index contributed by atoms with van der Waals surface area (Å²) in [6.07, 6.45) is 3.00. The minimum atomic E-state index is 0.00972. The van der Waals surface area contributed by atoms with E-state index >= 15 is 0 Å². The maximum atomic E-state index is 11.0. The zero-order valence-electron chi connectivity index (χ0n) is 7.37. The first-order valence-electron chi connectivity index (χ1n) is 3.78. The molecule has 64 valence electrons. The smallest absolute Gasteiger partial charge is 0.174 e. The molecular weight excluding hydrogens is 152 g/mol. The van der Waals surface area contributed by atoms with Gasteiger partial charge in [0.05, 0.1) is 18.6 Å². The molecule has 0 atom stereocenters. The van der Waals surface area contributed by atoms with E-state index in [0.717, 1.165) is 11.4 Å². The number of carbonyl (C=O) groups is 1. The minimum Gasteiger partial charge on any atom is -0.327 e. The van der Waals surface area contributed by atoms with Gasteiger partial charge in [-0.25, -0.2) is 4.98 Å². The molecule has 0 aliphatic rings. The van der Waals surface area contributed by atoms with Crippen LogP contribution in [-0.4, -0.2) is 15.3 Å². The summed E-state index contributed by atoms with van der Waals surface area (Å²) in [5.41, 5.74) is 2.00. The molecule has 0 amide bonds. The van der Waals surface area contributed by atoms with Crippen LogP contribution < -0.4 is 0 Å². The van der Waals surface area contributed by atoms with Crippen molar-refractivity contribution >= 4 is 5.78 Å². The second-order valence-electron chi connectivity index (χ2n) is 2.71. The number of aryl methyl sites for hydroxylation is 1. The van der Waals surface area contributed by atoms with Crippen molar-refractivity contribution in [2.45, 2.75) is 20.4 Å². The molecule has 0 fully saturated rings. The van der Waals surface area contributed by atoms with Gasteiger partial charge in [-0.1, -0.05) is 6.58 Å². The second-order valence-corrected chi connectivity index (χ2v) is 2.71. The maximum absolute atomic E-state index is 11.0. The van der Waals surface area contributed by atoms with Crippen LogP contribution in [0.25, 0.3) is 0 Å². The number of nitrogens with zero attached hydrogens (tertiary/aromatic N) is 2. The summed E-state index contributed by atoms with van der Waals surface area (Å²) in [7, 11) is 0. The van der Waals surface area contributed by atoms with E-state index in [0.29, 0.717) is 6.54 Å². The summed E-state index contributed by atoms with van der Waals surface area (Å²) < 4.78 is 1.82. The molecule has 0 aromatic carbocycles. The molecule has 0 aliphatic carbocycles. The van der Waals surface area contributed by atoms with Crippen LogP contribution in [0.15, 0.2) is 19.0 Å². The number of hydrogen-bond acceptors (Lipinski definition) is 2. The fourth-order valence-electron chi connectivity index (χ4n) is 0.936. The number of imidazole rings is 1. The molecule has 3 nitrogen and oxygen atoms in total. The topological polar surface area (TPSA) is 34.9 Å². The number of rotatable bonds is 3. The van der Waals surface area contributed by atoms with E-state index in [1.807, 2.05) is 18.4 Å². The SMILES string of the molecule is C=CC(=O)Cn1cnc(C)c1C. The van der Waals surface area contributed by atoms with Crippen molar-refractivity contribution in [2.75, 3.05) is 0 Å². The van der Waals surface area contributed by atoms with Crippen LogP contribution in [0.2, 0.25) is 0 Å². The third-order valence-electron chi connectivity index (χ3n) is 1.90. The highest BCUT2D eigenvalue weighted by molar-refractivity contribution is 5.88. The molecule has 1 aromatic rings. The maximum Gasteiger partial charge on any atom is 0.174 e. The van der Waals surface area contributed by atoms with Gasteiger partial charge in [0, 0.05) is 5.69 Å². The van der Waals surface area contributed by atoms with Gasteiger partial charge in [0.25, 0.3) is 0 Å². The van der Waals surface area contributed by atoms with Crippen molar-refractivity contribution in [3.05, 3.63) is 30.4 Å². The first-order valence-corrected chi connectivity index (χ1v) is 3.78. The summed E-state index contributed by atoms with van der Waals surface area (Å²) in [6, 6.07) is 0. The molecule has 0 unspecified atom stereocenters. The monoisotopic (exact) mass is 164 g/mol. The Kier molecular flexibility index (Phi) is 2.43. The van der Waals surface area contributed by atoms with Crippen molar-refractivity contribution in [3.63, 3.8) is 0 Å². The lowest BCUT2D eigenvalue weighted by molar-refractivity contribution is -0.115. The van der Waals surface area contributed by atoms with Gasteiger partial charge in [-0.15, -0.1) is 0 Å². The van der Waals surface area contributed by atoms with Crippen molar-refractivity contribution in [3.8, 4) is 0 Å². The van der Waals surface area contributed by atoms with Crippen LogP contribution in [0.1, 0.15) is 11.4 Å². The first-order chi connectivity index (χ1) is 5.65. The summed E-state index contributed by atoms with van der Waals surface area (Å²) in [5, 5.41) is 0. The third kappa shape index (κ3) is 1.61. The Morgan fingerprint density at radius 2 is 2.42 bits per heavy atom. The zero-order valence-corrected chi connectivity index (χ0v) is 7.37. The molecule has 0 bridgehead atoms. The Morgan fingerprint density at radius 1 is 1.75 bits per heavy atom. The average Bonchev–Trinajstić information content (AvgIpc) is 2.36. The number of allylic oxidation sites excluding steroid dienone is 1. The van der Waals surface area contributed by atoms with Gasteiger partial charge in [-0.2, -0.15) is 0 Å². The zero-order chi connectivity index (χ0) is 9.14. The van der Waals surface area contributed by atoms with Gasteiger partial charge < -0.3 is 4.57 Å². The van der Waals surface area contributed by atoms with Gasteiger partial charge in [0.2, 0.25) is 0 Å². The highest BCUT2D eigenvalue weighted by Crippen LogP contribution is 2.03. The van der Waals surface area contributed by atoms with Crippen LogP contribution in [0.3, 0.4) is 0 Å². The van der Waals surface area contributed by atoms with E-state index in [1.54, 1.807) is 6.33 Å². The second kappa shape index (κ2) is 3.34. The van der Waals surface area contributed by atoms with Crippen LogP contribution >= 0.6 is 0 Å². The summed E-state index contributed by atoms with van der Waals surface area (Å²) in [6.45, 7) is 7.62. The molecule has 0 spiro atoms. The molecule has 0 saturated carbocycles. The van der Waals surface area contributed by atoms with Gasteiger partial charge >= 0.3 is 0 Å². The molecule has 1 heterocycles. The Labute approximate surface area is 71.7 Å². The summed E-state index contributed by atoms with van der Waals surface area (Å²) in [4.78, 5) is 15.1. The van der Waals surface area contributed by atoms with Gasteiger partial charge in [-0.3, -0.25) is 4.79 Å². The average molecular weight is 164 g/mol. The number of aromatic nitrogens is 2. The Bertz CT molecular complexity index is 312. The van der Waals surface area contributed by atoms with E-state index in [2.05, 4.69) is 11.6 Å².